The summed E-state index contributed by atoms with van der Waals surface area (Å²) < 4.78 is 7.24. The molecular formula is C12H20N2O2. The molecule has 0 aliphatic heterocycles. The van der Waals surface area contributed by atoms with Gasteiger partial charge in [-0.3, -0.25) is 4.68 Å². The van der Waals surface area contributed by atoms with E-state index < -0.39 is 0 Å². The lowest BCUT2D eigenvalue weighted by Gasteiger charge is -2.36. The second kappa shape index (κ2) is 4.97. The second-order valence-corrected chi connectivity index (χ2v) is 4.55. The van der Waals surface area contributed by atoms with Crippen LogP contribution in [0.1, 0.15) is 38.0 Å². The molecule has 0 aromatic carbocycles. The predicted molar refractivity (Wildman–Crippen MR) is 60.9 cm³/mol. The molecule has 1 aliphatic rings. The molecule has 1 aromatic rings. The molecule has 16 heavy (non-hydrogen) atoms. The molecule has 2 rings (SSSR count). The molecule has 0 bridgehead atoms. The van der Waals surface area contributed by atoms with Crippen molar-refractivity contribution >= 4 is 0 Å². The Morgan fingerprint density at radius 2 is 2.38 bits per heavy atom. The number of ether oxygens (including phenoxy) is 1. The monoisotopic (exact) mass is 224 g/mol. The highest BCUT2D eigenvalue weighted by Crippen LogP contribution is 2.36. The van der Waals surface area contributed by atoms with E-state index in [-0.39, 0.29) is 6.10 Å². The Morgan fingerprint density at radius 3 is 2.94 bits per heavy atom. The van der Waals surface area contributed by atoms with E-state index in [9.17, 15) is 5.11 Å². The van der Waals surface area contributed by atoms with Crippen LogP contribution < -0.4 is 0 Å². The number of hydrogen-bond donors (Lipinski definition) is 1. The van der Waals surface area contributed by atoms with E-state index in [1.54, 1.807) is 10.9 Å². The maximum atomic E-state index is 10.0. The minimum absolute atomic E-state index is 0.389. The molecule has 1 saturated carbocycles. The fourth-order valence-corrected chi connectivity index (χ4v) is 2.39. The number of aliphatic hydroxyl groups is 1. The third-order valence-electron chi connectivity index (χ3n) is 3.35. The zero-order valence-corrected chi connectivity index (χ0v) is 9.97. The highest BCUT2D eigenvalue weighted by atomic mass is 16.5. The van der Waals surface area contributed by atoms with Crippen molar-refractivity contribution in [3.63, 3.8) is 0 Å². The van der Waals surface area contributed by atoms with E-state index in [2.05, 4.69) is 5.10 Å². The van der Waals surface area contributed by atoms with Gasteiger partial charge in [-0.25, -0.2) is 0 Å². The van der Waals surface area contributed by atoms with Crippen LogP contribution in [-0.2, 0) is 11.8 Å². The van der Waals surface area contributed by atoms with Gasteiger partial charge in [0, 0.05) is 19.9 Å². The highest BCUT2D eigenvalue weighted by molar-refractivity contribution is 5.04. The minimum atomic E-state index is -0.389. The molecule has 1 N–H and O–H groups in total. The fraction of sp³-hybridized carbons (Fsp3) is 0.750. The SMILES string of the molecule is CCOC1CC(CC(O)c2ccnn2C)C1. The van der Waals surface area contributed by atoms with Gasteiger partial charge in [0.1, 0.15) is 0 Å². The van der Waals surface area contributed by atoms with Crippen LogP contribution in [0.3, 0.4) is 0 Å². The molecule has 4 heteroatoms. The molecular weight excluding hydrogens is 204 g/mol. The van der Waals surface area contributed by atoms with Crippen molar-refractivity contribution in [2.24, 2.45) is 13.0 Å². The van der Waals surface area contributed by atoms with Crippen molar-refractivity contribution in [2.75, 3.05) is 6.61 Å². The van der Waals surface area contributed by atoms with Gasteiger partial charge in [-0.2, -0.15) is 5.10 Å². The first kappa shape index (κ1) is 11.6. The molecule has 0 radical (unpaired) electrons. The summed E-state index contributed by atoms with van der Waals surface area (Å²) in [5, 5.41) is 14.1. The van der Waals surface area contributed by atoms with E-state index in [4.69, 9.17) is 4.74 Å². The van der Waals surface area contributed by atoms with Gasteiger partial charge in [-0.05, 0) is 38.2 Å². The van der Waals surface area contributed by atoms with Crippen LogP contribution in [0, 0.1) is 5.92 Å². The van der Waals surface area contributed by atoms with Crippen molar-refractivity contribution in [1.29, 1.82) is 0 Å². The summed E-state index contributed by atoms with van der Waals surface area (Å²) in [6.45, 7) is 2.82. The number of hydrogen-bond acceptors (Lipinski definition) is 3. The van der Waals surface area contributed by atoms with Gasteiger partial charge in [0.05, 0.1) is 17.9 Å². The predicted octanol–water partition coefficient (Wildman–Crippen LogP) is 1.66. The Bertz CT molecular complexity index is 332. The average Bonchev–Trinajstić information content (AvgIpc) is 2.61. The smallest absolute Gasteiger partial charge is 0.0959 e. The largest absolute Gasteiger partial charge is 0.387 e. The zero-order valence-electron chi connectivity index (χ0n) is 9.97. The number of aryl methyl sites for hydroxylation is 1. The van der Waals surface area contributed by atoms with Crippen molar-refractivity contribution in [3.05, 3.63) is 18.0 Å². The van der Waals surface area contributed by atoms with Crippen molar-refractivity contribution in [1.82, 2.24) is 9.78 Å². The van der Waals surface area contributed by atoms with Gasteiger partial charge in [0.15, 0.2) is 0 Å². The van der Waals surface area contributed by atoms with E-state index in [0.29, 0.717) is 12.0 Å². The average molecular weight is 224 g/mol. The molecule has 1 aromatic heterocycles. The molecule has 1 heterocycles. The van der Waals surface area contributed by atoms with Crippen LogP contribution >= 0.6 is 0 Å². The molecule has 0 spiro atoms. The first-order chi connectivity index (χ1) is 7.70. The lowest BCUT2D eigenvalue weighted by molar-refractivity contribution is -0.0386. The van der Waals surface area contributed by atoms with Crippen LogP contribution in [0.4, 0.5) is 0 Å². The fourth-order valence-electron chi connectivity index (χ4n) is 2.39. The molecule has 90 valence electrons. The maximum absolute atomic E-state index is 10.0. The van der Waals surface area contributed by atoms with Gasteiger partial charge < -0.3 is 9.84 Å². The standard InChI is InChI=1S/C12H20N2O2/c1-3-16-10-6-9(7-10)8-12(15)11-4-5-13-14(11)2/h4-5,9-10,12,15H,3,6-8H2,1-2H3. The van der Waals surface area contributed by atoms with E-state index in [1.807, 2.05) is 20.0 Å². The summed E-state index contributed by atoms with van der Waals surface area (Å²) in [6, 6.07) is 1.88. The summed E-state index contributed by atoms with van der Waals surface area (Å²) in [5.41, 5.74) is 0.903. The molecule has 1 atom stereocenters. The van der Waals surface area contributed by atoms with E-state index in [1.165, 1.54) is 0 Å². The first-order valence-corrected chi connectivity index (χ1v) is 5.98. The van der Waals surface area contributed by atoms with Crippen LogP contribution in [0.2, 0.25) is 0 Å². The molecule has 1 aliphatic carbocycles. The molecule has 4 nitrogen and oxygen atoms in total. The summed E-state index contributed by atoms with van der Waals surface area (Å²) in [4.78, 5) is 0. The summed E-state index contributed by atoms with van der Waals surface area (Å²) in [6.07, 6.45) is 4.76. The normalized spacial score (nSPS) is 26.4. The highest BCUT2D eigenvalue weighted by Gasteiger charge is 2.31. The van der Waals surface area contributed by atoms with Gasteiger partial charge >= 0.3 is 0 Å². The summed E-state index contributed by atoms with van der Waals surface area (Å²) in [7, 11) is 1.86. The summed E-state index contributed by atoms with van der Waals surface area (Å²) >= 11 is 0. The third-order valence-corrected chi connectivity index (χ3v) is 3.35. The minimum Gasteiger partial charge on any atom is -0.387 e. The Kier molecular flexibility index (Phi) is 3.61. The van der Waals surface area contributed by atoms with Gasteiger partial charge in [0.2, 0.25) is 0 Å². The van der Waals surface area contributed by atoms with E-state index >= 15 is 0 Å². The van der Waals surface area contributed by atoms with Crippen LogP contribution in [0.15, 0.2) is 12.3 Å². The Morgan fingerprint density at radius 1 is 1.62 bits per heavy atom. The Hall–Kier alpha value is -0.870. The van der Waals surface area contributed by atoms with Gasteiger partial charge in [-0.1, -0.05) is 0 Å². The molecule has 0 saturated heterocycles. The molecule has 1 fully saturated rings. The first-order valence-electron chi connectivity index (χ1n) is 5.98. The lowest BCUT2D eigenvalue weighted by atomic mass is 9.78. The third kappa shape index (κ3) is 2.44. The van der Waals surface area contributed by atoms with Gasteiger partial charge in [0.25, 0.3) is 0 Å². The molecule has 0 amide bonds. The van der Waals surface area contributed by atoms with Crippen molar-refractivity contribution in [2.45, 2.75) is 38.4 Å². The topological polar surface area (TPSA) is 47.3 Å². The number of aromatic nitrogens is 2. The van der Waals surface area contributed by atoms with Crippen molar-refractivity contribution in [3.8, 4) is 0 Å². The summed E-state index contributed by atoms with van der Waals surface area (Å²) in [5.74, 6) is 0.599. The van der Waals surface area contributed by atoms with Gasteiger partial charge in [-0.15, -0.1) is 0 Å². The lowest BCUT2D eigenvalue weighted by Crippen LogP contribution is -2.32. The van der Waals surface area contributed by atoms with Crippen LogP contribution in [0.25, 0.3) is 0 Å². The van der Waals surface area contributed by atoms with Crippen LogP contribution in [0.5, 0.6) is 0 Å². The molecule has 1 unspecified atom stereocenters. The van der Waals surface area contributed by atoms with Crippen molar-refractivity contribution < 1.29 is 9.84 Å². The second-order valence-electron chi connectivity index (χ2n) is 4.55. The Balaban J connectivity index is 1.77. The number of rotatable bonds is 5. The number of aliphatic hydroxyl groups excluding tert-OH is 1. The van der Waals surface area contributed by atoms with E-state index in [0.717, 1.165) is 31.6 Å². The number of nitrogens with zero attached hydrogens (tertiary/aromatic N) is 2. The maximum Gasteiger partial charge on any atom is 0.0959 e. The Labute approximate surface area is 96.2 Å². The van der Waals surface area contributed by atoms with Crippen LogP contribution in [-0.4, -0.2) is 27.6 Å². The quantitative estimate of drug-likeness (QED) is 0.827. The zero-order chi connectivity index (χ0) is 11.5.